The Morgan fingerprint density at radius 2 is 1.76 bits per heavy atom. The Morgan fingerprint density at radius 1 is 1.03 bits per heavy atom. The van der Waals surface area contributed by atoms with Crippen LogP contribution >= 0.6 is 11.3 Å². The van der Waals surface area contributed by atoms with E-state index < -0.39 is 6.04 Å². The molecule has 0 saturated carbocycles. The highest BCUT2D eigenvalue weighted by Crippen LogP contribution is 2.30. The van der Waals surface area contributed by atoms with Crippen molar-refractivity contribution in [1.29, 1.82) is 5.41 Å². The average Bonchev–Trinajstić information content (AvgIpc) is 3.57. The second kappa shape index (κ2) is 11.5. The van der Waals surface area contributed by atoms with E-state index in [0.717, 1.165) is 39.9 Å². The van der Waals surface area contributed by atoms with Gasteiger partial charge in [0.15, 0.2) is 0 Å². The number of likely N-dealkylation sites (tertiary alicyclic amines) is 1. The summed E-state index contributed by atoms with van der Waals surface area (Å²) in [6, 6.07) is 22.3. The van der Waals surface area contributed by atoms with Crippen LogP contribution in [0, 0.1) is 5.41 Å². The summed E-state index contributed by atoms with van der Waals surface area (Å²) >= 11 is 1.54. The third-order valence-corrected chi connectivity index (χ3v) is 7.83. The van der Waals surface area contributed by atoms with E-state index in [2.05, 4.69) is 17.6 Å². The molecule has 1 saturated heterocycles. The Morgan fingerprint density at radius 3 is 2.50 bits per heavy atom. The van der Waals surface area contributed by atoms with E-state index in [-0.39, 0.29) is 24.4 Å². The Balaban J connectivity index is 1.21. The van der Waals surface area contributed by atoms with E-state index in [4.69, 9.17) is 10.1 Å². The number of anilines is 2. The summed E-state index contributed by atoms with van der Waals surface area (Å²) < 4.78 is 6.84. The molecule has 3 aromatic carbocycles. The standard InChI is InChI=1S/C30H30N4O3S/c1-2-23-11-15-27(30(36)33-22-10-14-26-20(17-31)19-38-28(26)16-22)34(23)29(35)18-32-21-8-12-25(13-9-21)37-24-6-4-3-5-7-24/h3-10,12-14,16-17,19,23,27,31-32H,2,11,15,18H2,1H3,(H,33,36). The highest BCUT2D eigenvalue weighted by molar-refractivity contribution is 7.17. The second-order valence-corrected chi connectivity index (χ2v) is 10.2. The summed E-state index contributed by atoms with van der Waals surface area (Å²) in [6.07, 6.45) is 3.58. The normalized spacial score (nSPS) is 16.8. The zero-order chi connectivity index (χ0) is 26.5. The Labute approximate surface area is 225 Å². The van der Waals surface area contributed by atoms with E-state index in [1.54, 1.807) is 16.2 Å². The van der Waals surface area contributed by atoms with E-state index in [0.29, 0.717) is 17.9 Å². The van der Waals surface area contributed by atoms with Crippen LogP contribution < -0.4 is 15.4 Å². The van der Waals surface area contributed by atoms with Crippen molar-refractivity contribution in [3.05, 3.63) is 83.7 Å². The maximum absolute atomic E-state index is 13.3. The minimum Gasteiger partial charge on any atom is -0.457 e. The molecule has 1 aliphatic rings. The van der Waals surface area contributed by atoms with Gasteiger partial charge < -0.3 is 25.7 Å². The molecule has 0 radical (unpaired) electrons. The van der Waals surface area contributed by atoms with Gasteiger partial charge in [-0.3, -0.25) is 9.59 Å². The fourth-order valence-corrected chi connectivity index (χ4v) is 5.87. The molecule has 4 aromatic rings. The molecule has 8 heteroatoms. The van der Waals surface area contributed by atoms with Crippen LogP contribution in [0.3, 0.4) is 0 Å². The van der Waals surface area contributed by atoms with Gasteiger partial charge in [-0.05, 0) is 67.8 Å². The highest BCUT2D eigenvalue weighted by Gasteiger charge is 2.39. The van der Waals surface area contributed by atoms with Crippen LogP contribution in [0.25, 0.3) is 10.1 Å². The van der Waals surface area contributed by atoms with Gasteiger partial charge in [-0.15, -0.1) is 11.3 Å². The van der Waals surface area contributed by atoms with E-state index in [9.17, 15) is 9.59 Å². The predicted molar refractivity (Wildman–Crippen MR) is 154 cm³/mol. The second-order valence-electron chi connectivity index (χ2n) is 9.28. The summed E-state index contributed by atoms with van der Waals surface area (Å²) in [5.41, 5.74) is 2.37. The van der Waals surface area contributed by atoms with Crippen LogP contribution in [0.5, 0.6) is 11.5 Å². The van der Waals surface area contributed by atoms with Crippen molar-refractivity contribution in [3.8, 4) is 11.5 Å². The number of carbonyl (C=O) groups is 2. The monoisotopic (exact) mass is 526 g/mol. The van der Waals surface area contributed by atoms with Gasteiger partial charge in [-0.2, -0.15) is 0 Å². The lowest BCUT2D eigenvalue weighted by Gasteiger charge is -2.29. The van der Waals surface area contributed by atoms with Crippen LogP contribution in [0.1, 0.15) is 31.7 Å². The average molecular weight is 527 g/mol. The van der Waals surface area contributed by atoms with Gasteiger partial charge in [-0.25, -0.2) is 0 Å². The molecular formula is C30H30N4O3S. The number of benzene rings is 3. The third-order valence-electron chi connectivity index (χ3n) is 6.87. The van der Waals surface area contributed by atoms with Crippen molar-refractivity contribution in [2.24, 2.45) is 0 Å². The molecule has 1 fully saturated rings. The third kappa shape index (κ3) is 5.55. The number of fused-ring (bicyclic) bond motifs is 1. The molecule has 194 valence electrons. The van der Waals surface area contributed by atoms with Crippen LogP contribution in [0.2, 0.25) is 0 Å². The van der Waals surface area contributed by atoms with Gasteiger partial charge >= 0.3 is 0 Å². The van der Waals surface area contributed by atoms with E-state index in [1.807, 2.05) is 78.2 Å². The molecule has 7 nitrogen and oxygen atoms in total. The van der Waals surface area contributed by atoms with Gasteiger partial charge in [0.1, 0.15) is 17.5 Å². The fraction of sp³-hybridized carbons (Fsp3) is 0.233. The van der Waals surface area contributed by atoms with Gasteiger partial charge in [0.2, 0.25) is 11.8 Å². The Hall–Kier alpha value is -4.17. The molecule has 3 N–H and O–H groups in total. The van der Waals surface area contributed by atoms with E-state index in [1.165, 1.54) is 6.21 Å². The van der Waals surface area contributed by atoms with Crippen molar-refractivity contribution in [3.63, 3.8) is 0 Å². The maximum Gasteiger partial charge on any atom is 0.247 e. The molecule has 2 heterocycles. The largest absolute Gasteiger partial charge is 0.457 e. The summed E-state index contributed by atoms with van der Waals surface area (Å²) in [5, 5.41) is 16.7. The predicted octanol–water partition coefficient (Wildman–Crippen LogP) is 6.51. The number of thiophene rings is 1. The van der Waals surface area contributed by atoms with Crippen molar-refractivity contribution in [1.82, 2.24) is 4.90 Å². The number of nitrogens with one attached hydrogen (secondary N) is 3. The fourth-order valence-electron chi connectivity index (χ4n) is 4.92. The molecule has 38 heavy (non-hydrogen) atoms. The van der Waals surface area contributed by atoms with Gasteiger partial charge in [-0.1, -0.05) is 31.2 Å². The summed E-state index contributed by atoms with van der Waals surface area (Å²) in [6.45, 7) is 2.16. The number of hydrogen-bond donors (Lipinski definition) is 3. The molecule has 2 unspecified atom stereocenters. The molecular weight excluding hydrogens is 496 g/mol. The van der Waals surface area contributed by atoms with E-state index >= 15 is 0 Å². The summed E-state index contributed by atoms with van der Waals surface area (Å²) in [5.74, 6) is 1.22. The lowest BCUT2D eigenvalue weighted by molar-refractivity contribution is -0.137. The summed E-state index contributed by atoms with van der Waals surface area (Å²) in [4.78, 5) is 28.3. The quantitative estimate of drug-likeness (QED) is 0.217. The molecule has 2 amide bonds. The molecule has 2 atom stereocenters. The molecule has 1 aromatic heterocycles. The lowest BCUT2D eigenvalue weighted by Crippen LogP contribution is -2.48. The lowest BCUT2D eigenvalue weighted by atomic mass is 10.1. The van der Waals surface area contributed by atoms with Crippen LogP contribution in [-0.4, -0.2) is 41.6 Å². The number of hydrogen-bond acceptors (Lipinski definition) is 6. The van der Waals surface area contributed by atoms with Crippen LogP contribution in [-0.2, 0) is 9.59 Å². The Kier molecular flexibility index (Phi) is 7.70. The number of rotatable bonds is 9. The molecule has 0 spiro atoms. The van der Waals surface area contributed by atoms with Crippen molar-refractivity contribution in [2.75, 3.05) is 17.2 Å². The molecule has 0 bridgehead atoms. The molecule has 0 aliphatic carbocycles. The number of nitrogens with zero attached hydrogens (tertiary/aromatic N) is 1. The maximum atomic E-state index is 13.3. The minimum absolute atomic E-state index is 0.0385. The SMILES string of the molecule is CCC1CCC(C(=O)Nc2ccc3c(C=N)csc3c2)N1C(=O)CNc1ccc(Oc2ccccc2)cc1. The number of ether oxygens (including phenoxy) is 1. The molecule has 5 rings (SSSR count). The summed E-state index contributed by atoms with van der Waals surface area (Å²) in [7, 11) is 0. The first-order valence-corrected chi connectivity index (χ1v) is 13.6. The highest BCUT2D eigenvalue weighted by atomic mass is 32.1. The first-order chi connectivity index (χ1) is 18.6. The number of carbonyl (C=O) groups excluding carboxylic acids is 2. The Bertz CT molecular complexity index is 1440. The van der Waals surface area contributed by atoms with Gasteiger partial charge in [0.25, 0.3) is 0 Å². The van der Waals surface area contributed by atoms with Gasteiger partial charge in [0.05, 0.1) is 6.54 Å². The smallest absolute Gasteiger partial charge is 0.247 e. The zero-order valence-electron chi connectivity index (χ0n) is 21.1. The zero-order valence-corrected chi connectivity index (χ0v) is 22.0. The number of amides is 2. The van der Waals surface area contributed by atoms with Gasteiger partial charge in [0, 0.05) is 44.7 Å². The van der Waals surface area contributed by atoms with Crippen molar-refractivity contribution >= 4 is 50.8 Å². The van der Waals surface area contributed by atoms with Crippen LogP contribution in [0.4, 0.5) is 11.4 Å². The van der Waals surface area contributed by atoms with Crippen molar-refractivity contribution < 1.29 is 14.3 Å². The first kappa shape index (κ1) is 25.5. The first-order valence-electron chi connectivity index (χ1n) is 12.8. The van der Waals surface area contributed by atoms with Crippen LogP contribution in [0.15, 0.2) is 78.2 Å². The number of para-hydroxylation sites is 1. The van der Waals surface area contributed by atoms with Crippen molar-refractivity contribution in [2.45, 2.75) is 38.3 Å². The topological polar surface area (TPSA) is 94.5 Å². The minimum atomic E-state index is -0.507. The molecule has 1 aliphatic heterocycles.